The van der Waals surface area contributed by atoms with E-state index < -0.39 is 0 Å². The fourth-order valence-corrected chi connectivity index (χ4v) is 2.62. The van der Waals surface area contributed by atoms with Crippen LogP contribution in [0, 0.1) is 6.92 Å². The van der Waals surface area contributed by atoms with E-state index in [9.17, 15) is 4.79 Å². The van der Waals surface area contributed by atoms with Gasteiger partial charge in [0.1, 0.15) is 6.17 Å². The fourth-order valence-electron chi connectivity index (χ4n) is 2.28. The number of hydrogen-bond acceptors (Lipinski definition) is 3. The standard InChI is InChI=1S/C15H22N2OS/c1-11-4-6-13(7-5-11)15-16-10-14(18)17(15)9-8-12(2)19-3/h4-7,12,15-16H,8-10H2,1-3H3. The molecule has 2 unspecified atom stereocenters. The zero-order valence-electron chi connectivity index (χ0n) is 11.8. The van der Waals surface area contributed by atoms with Gasteiger partial charge in [0, 0.05) is 11.8 Å². The summed E-state index contributed by atoms with van der Waals surface area (Å²) in [5.41, 5.74) is 2.42. The lowest BCUT2D eigenvalue weighted by Gasteiger charge is -2.25. The van der Waals surface area contributed by atoms with Gasteiger partial charge in [-0.2, -0.15) is 11.8 Å². The average molecular weight is 278 g/mol. The summed E-state index contributed by atoms with van der Waals surface area (Å²) in [6, 6.07) is 8.41. The monoisotopic (exact) mass is 278 g/mol. The Kier molecular flexibility index (Phi) is 4.88. The van der Waals surface area contributed by atoms with Gasteiger partial charge in [-0.15, -0.1) is 0 Å². The topological polar surface area (TPSA) is 32.3 Å². The van der Waals surface area contributed by atoms with Crippen molar-refractivity contribution >= 4 is 17.7 Å². The maximum absolute atomic E-state index is 12.0. The molecular formula is C15H22N2OS. The molecule has 0 bridgehead atoms. The van der Waals surface area contributed by atoms with Crippen molar-refractivity contribution in [3.05, 3.63) is 35.4 Å². The molecule has 1 fully saturated rings. The number of aryl methyl sites for hydroxylation is 1. The van der Waals surface area contributed by atoms with Crippen LogP contribution in [0.1, 0.15) is 30.6 Å². The molecule has 4 heteroatoms. The largest absolute Gasteiger partial charge is 0.322 e. The molecule has 1 aromatic rings. The van der Waals surface area contributed by atoms with Gasteiger partial charge in [-0.1, -0.05) is 36.8 Å². The number of carbonyl (C=O) groups excluding carboxylic acids is 1. The molecule has 2 atom stereocenters. The summed E-state index contributed by atoms with van der Waals surface area (Å²) < 4.78 is 0. The van der Waals surface area contributed by atoms with E-state index in [1.54, 1.807) is 0 Å². The van der Waals surface area contributed by atoms with Crippen molar-refractivity contribution in [1.29, 1.82) is 0 Å². The minimum Gasteiger partial charge on any atom is -0.322 e. The van der Waals surface area contributed by atoms with Gasteiger partial charge in [-0.25, -0.2) is 0 Å². The number of nitrogens with zero attached hydrogens (tertiary/aromatic N) is 1. The first-order valence-electron chi connectivity index (χ1n) is 6.74. The van der Waals surface area contributed by atoms with Gasteiger partial charge in [0.15, 0.2) is 0 Å². The summed E-state index contributed by atoms with van der Waals surface area (Å²) in [5.74, 6) is 0.207. The molecule has 0 radical (unpaired) electrons. The molecule has 1 aliphatic heterocycles. The number of hydrogen-bond donors (Lipinski definition) is 1. The molecule has 3 nitrogen and oxygen atoms in total. The van der Waals surface area contributed by atoms with Crippen LogP contribution >= 0.6 is 11.8 Å². The molecule has 1 aliphatic rings. The molecule has 1 heterocycles. The number of rotatable bonds is 5. The first kappa shape index (κ1) is 14.4. The second kappa shape index (κ2) is 6.44. The van der Waals surface area contributed by atoms with Crippen molar-refractivity contribution in [3.63, 3.8) is 0 Å². The van der Waals surface area contributed by atoms with Crippen LogP contribution in [0.3, 0.4) is 0 Å². The summed E-state index contributed by atoms with van der Waals surface area (Å²) in [6.45, 7) is 5.56. The lowest BCUT2D eigenvalue weighted by molar-refractivity contribution is -0.128. The molecule has 1 N–H and O–H groups in total. The van der Waals surface area contributed by atoms with Crippen LogP contribution in [0.2, 0.25) is 0 Å². The molecule has 0 aliphatic carbocycles. The molecule has 0 saturated carbocycles. The summed E-state index contributed by atoms with van der Waals surface area (Å²) in [6.07, 6.45) is 3.20. The Labute approximate surface area is 119 Å². The molecule has 0 spiro atoms. The average Bonchev–Trinajstić information content (AvgIpc) is 2.78. The third kappa shape index (κ3) is 3.51. The molecule has 1 saturated heterocycles. The fraction of sp³-hybridized carbons (Fsp3) is 0.533. The number of amides is 1. The van der Waals surface area contributed by atoms with E-state index in [0.717, 1.165) is 13.0 Å². The van der Waals surface area contributed by atoms with Gasteiger partial charge in [-0.3, -0.25) is 10.1 Å². The van der Waals surface area contributed by atoms with E-state index in [-0.39, 0.29) is 12.1 Å². The van der Waals surface area contributed by atoms with E-state index in [0.29, 0.717) is 11.8 Å². The Balaban J connectivity index is 2.06. The maximum atomic E-state index is 12.0. The van der Waals surface area contributed by atoms with Crippen molar-refractivity contribution in [1.82, 2.24) is 10.2 Å². The molecule has 104 valence electrons. The van der Waals surface area contributed by atoms with Crippen molar-refractivity contribution in [2.24, 2.45) is 0 Å². The summed E-state index contributed by atoms with van der Waals surface area (Å²) >= 11 is 1.85. The van der Waals surface area contributed by atoms with Gasteiger partial charge in [0.2, 0.25) is 5.91 Å². The quantitative estimate of drug-likeness (QED) is 0.898. The Morgan fingerprint density at radius 2 is 2.11 bits per heavy atom. The molecule has 2 rings (SSSR count). The maximum Gasteiger partial charge on any atom is 0.238 e. The van der Waals surface area contributed by atoms with Crippen LogP contribution in [-0.4, -0.2) is 35.4 Å². The minimum atomic E-state index is 0.0437. The van der Waals surface area contributed by atoms with Crippen LogP contribution < -0.4 is 5.32 Å². The zero-order valence-corrected chi connectivity index (χ0v) is 12.7. The highest BCUT2D eigenvalue weighted by molar-refractivity contribution is 7.99. The normalized spacial score (nSPS) is 20.9. The van der Waals surface area contributed by atoms with E-state index in [4.69, 9.17) is 0 Å². The number of benzene rings is 1. The predicted molar refractivity (Wildman–Crippen MR) is 81.2 cm³/mol. The molecule has 1 amide bonds. The highest BCUT2D eigenvalue weighted by Gasteiger charge is 2.31. The summed E-state index contributed by atoms with van der Waals surface area (Å²) in [5, 5.41) is 3.89. The van der Waals surface area contributed by atoms with Gasteiger partial charge in [0.05, 0.1) is 6.54 Å². The van der Waals surface area contributed by atoms with E-state index in [1.807, 2.05) is 16.7 Å². The molecule has 19 heavy (non-hydrogen) atoms. The van der Waals surface area contributed by atoms with Crippen LogP contribution in [0.4, 0.5) is 0 Å². The predicted octanol–water partition coefficient (Wildman–Crippen LogP) is 2.57. The lowest BCUT2D eigenvalue weighted by atomic mass is 10.1. The van der Waals surface area contributed by atoms with Crippen molar-refractivity contribution in [2.45, 2.75) is 31.7 Å². The van der Waals surface area contributed by atoms with Crippen molar-refractivity contribution in [2.75, 3.05) is 19.3 Å². The SMILES string of the molecule is CSC(C)CCN1C(=O)CNC1c1ccc(C)cc1. The van der Waals surface area contributed by atoms with E-state index >= 15 is 0 Å². The van der Waals surface area contributed by atoms with Gasteiger partial charge >= 0.3 is 0 Å². The van der Waals surface area contributed by atoms with Gasteiger partial charge in [0.25, 0.3) is 0 Å². The van der Waals surface area contributed by atoms with Crippen LogP contribution in [0.15, 0.2) is 24.3 Å². The van der Waals surface area contributed by atoms with Crippen molar-refractivity contribution in [3.8, 4) is 0 Å². The smallest absolute Gasteiger partial charge is 0.238 e. The Morgan fingerprint density at radius 1 is 1.42 bits per heavy atom. The summed E-state index contributed by atoms with van der Waals surface area (Å²) in [4.78, 5) is 14.0. The number of nitrogens with one attached hydrogen (secondary N) is 1. The third-order valence-electron chi connectivity index (χ3n) is 3.65. The molecule has 1 aromatic carbocycles. The number of thioether (sulfide) groups is 1. The van der Waals surface area contributed by atoms with Crippen molar-refractivity contribution < 1.29 is 4.79 Å². The Bertz CT molecular complexity index is 432. The highest BCUT2D eigenvalue weighted by atomic mass is 32.2. The lowest BCUT2D eigenvalue weighted by Crippen LogP contribution is -2.32. The van der Waals surface area contributed by atoms with Gasteiger partial charge in [-0.05, 0) is 25.2 Å². The molecule has 0 aromatic heterocycles. The summed E-state index contributed by atoms with van der Waals surface area (Å²) in [7, 11) is 0. The van der Waals surface area contributed by atoms with Gasteiger partial charge < -0.3 is 4.90 Å². The van der Waals surface area contributed by atoms with Crippen LogP contribution in [0.5, 0.6) is 0 Å². The second-order valence-electron chi connectivity index (χ2n) is 5.12. The molecular weight excluding hydrogens is 256 g/mol. The van der Waals surface area contributed by atoms with Crippen LogP contribution in [0.25, 0.3) is 0 Å². The zero-order chi connectivity index (χ0) is 13.8. The second-order valence-corrected chi connectivity index (χ2v) is 6.39. The Hall–Kier alpha value is -1.00. The first-order valence-corrected chi connectivity index (χ1v) is 8.03. The third-order valence-corrected chi connectivity index (χ3v) is 4.69. The minimum absolute atomic E-state index is 0.0437. The Morgan fingerprint density at radius 3 is 2.74 bits per heavy atom. The van der Waals surface area contributed by atoms with E-state index in [1.165, 1.54) is 11.1 Å². The first-order chi connectivity index (χ1) is 9.11. The highest BCUT2D eigenvalue weighted by Crippen LogP contribution is 2.24. The number of carbonyl (C=O) groups is 1. The van der Waals surface area contributed by atoms with Crippen LogP contribution in [-0.2, 0) is 4.79 Å². The van der Waals surface area contributed by atoms with E-state index in [2.05, 4.69) is 49.7 Å².